The number of nitrogens with zero attached hydrogens (tertiary/aromatic N) is 1. The van der Waals surface area contributed by atoms with E-state index in [0.29, 0.717) is 48.6 Å². The van der Waals surface area contributed by atoms with Crippen LogP contribution in [0.2, 0.25) is 5.02 Å². The van der Waals surface area contributed by atoms with Gasteiger partial charge in [0.2, 0.25) is 0 Å². The standard InChI is InChI=1S/C31H37ClN2O6/c1-36-14-3-12-34-13-15-38-29-10-4-21(16-26(29)34)20-39-30-19-33-18-27(35)31(30)22-5-7-23(8-6-22)40-24-9-11-28(37-2)25(32)17-24/h4-11,16-17,27,30-31,33,35H,3,12-15,18-20H2,1-2H3/t27-,30+,31?/m1/s1. The van der Waals surface area contributed by atoms with E-state index in [2.05, 4.69) is 22.3 Å². The molecule has 2 N–H and O–H groups in total. The second kappa shape index (κ2) is 13.6. The second-order valence-electron chi connectivity index (χ2n) is 10.1. The zero-order valence-electron chi connectivity index (χ0n) is 23.0. The molecule has 3 atom stereocenters. The lowest BCUT2D eigenvalue weighted by atomic mass is 9.85. The van der Waals surface area contributed by atoms with E-state index >= 15 is 0 Å². The number of hydrogen-bond donors (Lipinski definition) is 2. The van der Waals surface area contributed by atoms with Crippen LogP contribution < -0.4 is 24.4 Å². The molecule has 0 bridgehead atoms. The Balaban J connectivity index is 1.25. The van der Waals surface area contributed by atoms with Gasteiger partial charge in [0.1, 0.15) is 29.6 Å². The van der Waals surface area contributed by atoms with Crippen molar-refractivity contribution in [1.29, 1.82) is 0 Å². The van der Waals surface area contributed by atoms with Gasteiger partial charge in [-0.15, -0.1) is 0 Å². The van der Waals surface area contributed by atoms with Crippen LogP contribution in [0.1, 0.15) is 23.5 Å². The number of halogens is 1. The van der Waals surface area contributed by atoms with E-state index in [4.69, 9.17) is 35.3 Å². The third-order valence-corrected chi connectivity index (χ3v) is 7.66. The lowest BCUT2D eigenvalue weighted by molar-refractivity contribution is -0.0328. The van der Waals surface area contributed by atoms with Crippen molar-refractivity contribution >= 4 is 17.3 Å². The summed E-state index contributed by atoms with van der Waals surface area (Å²) in [6, 6.07) is 19.3. The number of fused-ring (bicyclic) bond motifs is 1. The number of benzene rings is 3. The first kappa shape index (κ1) is 28.5. The average molecular weight is 569 g/mol. The third kappa shape index (κ3) is 6.82. The highest BCUT2D eigenvalue weighted by atomic mass is 35.5. The highest BCUT2D eigenvalue weighted by molar-refractivity contribution is 6.32. The molecule has 0 saturated carbocycles. The number of aliphatic hydroxyl groups is 1. The fraction of sp³-hybridized carbons (Fsp3) is 0.419. The number of piperidine rings is 1. The van der Waals surface area contributed by atoms with Crippen molar-refractivity contribution < 1.29 is 28.8 Å². The number of hydrogen-bond acceptors (Lipinski definition) is 8. The highest BCUT2D eigenvalue weighted by Gasteiger charge is 2.34. The van der Waals surface area contributed by atoms with Crippen molar-refractivity contribution in [2.75, 3.05) is 58.5 Å². The van der Waals surface area contributed by atoms with Crippen LogP contribution in [0.5, 0.6) is 23.0 Å². The van der Waals surface area contributed by atoms with Gasteiger partial charge in [-0.25, -0.2) is 0 Å². The number of β-amino-alcohol motifs (C(OH)–C–C–N with tert-alkyl or cyclic N) is 1. The van der Waals surface area contributed by atoms with Gasteiger partial charge in [-0.2, -0.15) is 0 Å². The van der Waals surface area contributed by atoms with E-state index < -0.39 is 6.10 Å². The zero-order chi connectivity index (χ0) is 27.9. The first-order chi connectivity index (χ1) is 19.6. The van der Waals surface area contributed by atoms with Crippen LogP contribution in [0.25, 0.3) is 0 Å². The molecule has 0 aliphatic carbocycles. The molecule has 0 radical (unpaired) electrons. The Hall–Kier alpha value is -3.01. The Labute approximate surface area is 240 Å². The Morgan fingerprint density at radius 1 is 1.02 bits per heavy atom. The van der Waals surface area contributed by atoms with E-state index in [9.17, 15) is 5.11 Å². The van der Waals surface area contributed by atoms with Gasteiger partial charge in [0.25, 0.3) is 0 Å². The number of nitrogens with one attached hydrogen (secondary N) is 1. The molecule has 1 unspecified atom stereocenters. The molecule has 9 heteroatoms. The number of ether oxygens (including phenoxy) is 5. The Kier molecular flexibility index (Phi) is 9.67. The van der Waals surface area contributed by atoms with Crippen molar-refractivity contribution in [2.24, 2.45) is 0 Å². The normalized spacial score (nSPS) is 20.5. The third-order valence-electron chi connectivity index (χ3n) is 7.36. The van der Waals surface area contributed by atoms with Crippen molar-refractivity contribution in [3.63, 3.8) is 0 Å². The smallest absolute Gasteiger partial charge is 0.142 e. The van der Waals surface area contributed by atoms with Gasteiger partial charge in [0.15, 0.2) is 0 Å². The second-order valence-corrected chi connectivity index (χ2v) is 10.5. The summed E-state index contributed by atoms with van der Waals surface area (Å²) >= 11 is 6.23. The summed E-state index contributed by atoms with van der Waals surface area (Å²) in [7, 11) is 3.31. The van der Waals surface area contributed by atoms with E-state index in [1.807, 2.05) is 36.4 Å². The van der Waals surface area contributed by atoms with Crippen molar-refractivity contribution in [2.45, 2.75) is 31.2 Å². The lowest BCUT2D eigenvalue weighted by Gasteiger charge is -2.36. The van der Waals surface area contributed by atoms with Crippen LogP contribution in [-0.2, 0) is 16.1 Å². The van der Waals surface area contributed by atoms with E-state index in [1.54, 1.807) is 26.4 Å². The number of aliphatic hydroxyl groups excluding tert-OH is 1. The minimum atomic E-state index is -0.570. The molecule has 5 rings (SSSR count). The molecule has 1 saturated heterocycles. The lowest BCUT2D eigenvalue weighted by Crippen LogP contribution is -2.49. The Morgan fingerprint density at radius 3 is 2.62 bits per heavy atom. The van der Waals surface area contributed by atoms with Gasteiger partial charge in [-0.3, -0.25) is 0 Å². The summed E-state index contributed by atoms with van der Waals surface area (Å²) in [5.41, 5.74) is 3.17. The fourth-order valence-corrected chi connectivity index (χ4v) is 5.57. The van der Waals surface area contributed by atoms with E-state index in [-0.39, 0.29) is 12.0 Å². The number of anilines is 1. The summed E-state index contributed by atoms with van der Waals surface area (Å²) in [5, 5.41) is 14.7. The predicted octanol–water partition coefficient (Wildman–Crippen LogP) is 5.01. The number of methoxy groups -OCH3 is 2. The highest BCUT2D eigenvalue weighted by Crippen LogP contribution is 2.35. The van der Waals surface area contributed by atoms with Gasteiger partial charge in [-0.1, -0.05) is 29.8 Å². The Bertz CT molecular complexity index is 1260. The predicted molar refractivity (Wildman–Crippen MR) is 155 cm³/mol. The van der Waals surface area contributed by atoms with Gasteiger partial charge < -0.3 is 39.0 Å². The minimum absolute atomic E-state index is 0.169. The molecule has 40 heavy (non-hydrogen) atoms. The van der Waals surface area contributed by atoms with Crippen LogP contribution in [0, 0.1) is 0 Å². The van der Waals surface area contributed by atoms with Crippen molar-refractivity contribution in [3.05, 3.63) is 76.8 Å². The first-order valence-electron chi connectivity index (χ1n) is 13.7. The monoisotopic (exact) mass is 568 g/mol. The summed E-state index contributed by atoms with van der Waals surface area (Å²) in [6.45, 7) is 4.79. The average Bonchev–Trinajstić information content (AvgIpc) is 2.97. The molecule has 1 fully saturated rings. The summed E-state index contributed by atoms with van der Waals surface area (Å²) in [6.07, 6.45) is 0.196. The molecule has 0 amide bonds. The molecular formula is C31H37ClN2O6. The number of rotatable bonds is 11. The maximum atomic E-state index is 10.9. The molecule has 0 spiro atoms. The first-order valence-corrected chi connectivity index (χ1v) is 14.0. The van der Waals surface area contributed by atoms with Gasteiger partial charge in [0, 0.05) is 45.3 Å². The molecule has 2 heterocycles. The molecule has 2 aliphatic heterocycles. The maximum absolute atomic E-state index is 10.9. The van der Waals surface area contributed by atoms with Crippen molar-refractivity contribution in [3.8, 4) is 23.0 Å². The molecule has 0 aromatic heterocycles. The van der Waals surface area contributed by atoms with Gasteiger partial charge in [0.05, 0.1) is 43.2 Å². The molecule has 8 nitrogen and oxygen atoms in total. The zero-order valence-corrected chi connectivity index (χ0v) is 23.7. The Morgan fingerprint density at radius 2 is 1.85 bits per heavy atom. The van der Waals surface area contributed by atoms with E-state index in [0.717, 1.165) is 48.7 Å². The minimum Gasteiger partial charge on any atom is -0.495 e. The molecule has 214 valence electrons. The van der Waals surface area contributed by atoms with Crippen molar-refractivity contribution in [1.82, 2.24) is 5.32 Å². The van der Waals surface area contributed by atoms with Crippen LogP contribution >= 0.6 is 11.6 Å². The quantitative estimate of drug-likeness (QED) is 0.313. The van der Waals surface area contributed by atoms with Gasteiger partial charge >= 0.3 is 0 Å². The van der Waals surface area contributed by atoms with Crippen LogP contribution in [0.3, 0.4) is 0 Å². The van der Waals surface area contributed by atoms with Crippen LogP contribution in [0.4, 0.5) is 5.69 Å². The molecular weight excluding hydrogens is 532 g/mol. The molecule has 2 aliphatic rings. The van der Waals surface area contributed by atoms with Crippen LogP contribution in [-0.4, -0.2) is 70.9 Å². The fourth-order valence-electron chi connectivity index (χ4n) is 5.32. The summed E-state index contributed by atoms with van der Waals surface area (Å²) < 4.78 is 28.7. The maximum Gasteiger partial charge on any atom is 0.142 e. The van der Waals surface area contributed by atoms with E-state index in [1.165, 1.54) is 0 Å². The molecule has 3 aromatic rings. The summed E-state index contributed by atoms with van der Waals surface area (Å²) in [5.74, 6) is 2.63. The van der Waals surface area contributed by atoms with Crippen LogP contribution in [0.15, 0.2) is 60.7 Å². The topological polar surface area (TPSA) is 81.7 Å². The van der Waals surface area contributed by atoms with Gasteiger partial charge in [-0.05, 0) is 53.9 Å². The summed E-state index contributed by atoms with van der Waals surface area (Å²) in [4.78, 5) is 2.35. The largest absolute Gasteiger partial charge is 0.495 e. The molecule has 3 aromatic carbocycles. The SMILES string of the molecule is COCCCN1CCOc2ccc(CO[C@H]3CNC[C@@H](O)C3c3ccc(Oc4ccc(OC)c(Cl)c4)cc3)cc21.